The number of phenolic OH excluding ortho intramolecular Hbond substituents is 4. The van der Waals surface area contributed by atoms with Crippen molar-refractivity contribution in [1.29, 1.82) is 0 Å². The molecule has 5 rings (SSSR count). The Hall–Kier alpha value is -6.75. The van der Waals surface area contributed by atoms with E-state index in [1.807, 2.05) is 30.3 Å². The Bertz CT molecular complexity index is 1590. The van der Waals surface area contributed by atoms with Gasteiger partial charge in [0, 0.05) is 5.56 Å². The Kier molecular flexibility index (Phi) is 20.1. The van der Waals surface area contributed by atoms with Gasteiger partial charge in [0.2, 0.25) is 0 Å². The third-order valence-corrected chi connectivity index (χ3v) is 5.37. The molecule has 0 radical (unpaired) electrons. The second kappa shape index (κ2) is 24.6. The minimum Gasteiger partial charge on any atom is -0.508 e. The molecule has 0 heterocycles. The Morgan fingerprint density at radius 1 is 0.417 bits per heavy atom. The van der Waals surface area contributed by atoms with Crippen LogP contribution >= 0.6 is 0 Å². The van der Waals surface area contributed by atoms with Crippen molar-refractivity contribution in [3.63, 3.8) is 0 Å². The van der Waals surface area contributed by atoms with Crippen molar-refractivity contribution >= 4 is 31.4 Å². The van der Waals surface area contributed by atoms with Crippen LogP contribution in [0, 0.1) is 0 Å². The Morgan fingerprint density at radius 3 is 1.15 bits per heavy atom. The standard InChI is InChI=1S/C8H8O3.C8H8O2.3C7H6O2/c9-5-6-11-8-3-1-7(10)2-4-8;9-6-7-10-8-4-2-1-3-5-8;8-5-6-1-3-7(9)4-2-6;2*8-5-6-3-1-2-4-7(6)9/h1-5,10H,6H2;1-6H,7H2;3*1-5,9H. The zero-order chi connectivity index (χ0) is 35.4. The van der Waals surface area contributed by atoms with Gasteiger partial charge in [-0.1, -0.05) is 42.5 Å². The lowest BCUT2D eigenvalue weighted by atomic mass is 10.2. The SMILES string of the molecule is O=CCOc1ccc(O)cc1.O=CCOc1ccccc1.O=Cc1ccc(O)cc1.O=Cc1ccccc1O.O=Cc1ccccc1O. The van der Waals surface area contributed by atoms with E-state index in [1.165, 1.54) is 36.4 Å². The van der Waals surface area contributed by atoms with Crippen LogP contribution in [-0.4, -0.2) is 65.1 Å². The van der Waals surface area contributed by atoms with Crippen LogP contribution in [0.4, 0.5) is 0 Å². The highest BCUT2D eigenvalue weighted by molar-refractivity contribution is 5.79. The van der Waals surface area contributed by atoms with Crippen LogP contribution in [-0.2, 0) is 9.59 Å². The Labute approximate surface area is 276 Å². The molecule has 0 atom stereocenters. The predicted octanol–water partition coefficient (Wildman–Crippen LogP) is 5.85. The van der Waals surface area contributed by atoms with E-state index < -0.39 is 0 Å². The van der Waals surface area contributed by atoms with Crippen LogP contribution in [0.25, 0.3) is 0 Å². The summed E-state index contributed by atoms with van der Waals surface area (Å²) in [5.74, 6) is 1.74. The predicted molar refractivity (Wildman–Crippen MR) is 178 cm³/mol. The number of carbonyl (C=O) groups excluding carboxylic acids is 5. The van der Waals surface area contributed by atoms with Crippen LogP contribution in [0.5, 0.6) is 34.5 Å². The molecular formula is C37H34O11. The van der Waals surface area contributed by atoms with Gasteiger partial charge in [-0.15, -0.1) is 0 Å². The van der Waals surface area contributed by atoms with Crippen molar-refractivity contribution in [3.8, 4) is 34.5 Å². The van der Waals surface area contributed by atoms with Gasteiger partial charge < -0.3 is 29.9 Å². The number of para-hydroxylation sites is 3. The molecule has 0 amide bonds. The van der Waals surface area contributed by atoms with Gasteiger partial charge in [-0.2, -0.15) is 0 Å². The number of hydrogen-bond acceptors (Lipinski definition) is 11. The summed E-state index contributed by atoms with van der Waals surface area (Å²) in [6.07, 6.45) is 3.38. The quantitative estimate of drug-likeness (QED) is 0.140. The molecule has 0 aliphatic rings. The lowest BCUT2D eigenvalue weighted by molar-refractivity contribution is -0.110. The summed E-state index contributed by atoms with van der Waals surface area (Å²) >= 11 is 0. The highest BCUT2D eigenvalue weighted by Gasteiger charge is 1.94. The highest BCUT2D eigenvalue weighted by Crippen LogP contribution is 2.15. The van der Waals surface area contributed by atoms with Crippen LogP contribution in [0.3, 0.4) is 0 Å². The molecule has 0 saturated heterocycles. The van der Waals surface area contributed by atoms with Gasteiger partial charge in [0.1, 0.15) is 54.0 Å². The molecule has 0 aromatic heterocycles. The molecule has 248 valence electrons. The van der Waals surface area contributed by atoms with E-state index in [2.05, 4.69) is 0 Å². The molecule has 4 N–H and O–H groups in total. The first-order valence-electron chi connectivity index (χ1n) is 13.9. The van der Waals surface area contributed by atoms with E-state index >= 15 is 0 Å². The molecule has 0 bridgehead atoms. The fraction of sp³-hybridized carbons (Fsp3) is 0.0541. The number of benzene rings is 5. The summed E-state index contributed by atoms with van der Waals surface area (Å²) in [6, 6.07) is 34.3. The number of ether oxygens (including phenoxy) is 2. The van der Waals surface area contributed by atoms with Crippen LogP contribution in [0.1, 0.15) is 31.1 Å². The third kappa shape index (κ3) is 17.5. The van der Waals surface area contributed by atoms with E-state index in [9.17, 15) is 24.0 Å². The molecule has 0 aliphatic carbocycles. The average molecular weight is 655 g/mol. The zero-order valence-corrected chi connectivity index (χ0v) is 25.6. The molecule has 11 heteroatoms. The molecule has 5 aromatic rings. The highest BCUT2D eigenvalue weighted by atomic mass is 16.5. The molecule has 0 unspecified atom stereocenters. The van der Waals surface area contributed by atoms with E-state index in [0.717, 1.165) is 18.3 Å². The van der Waals surface area contributed by atoms with Gasteiger partial charge >= 0.3 is 0 Å². The molecule has 0 spiro atoms. The fourth-order valence-corrected chi connectivity index (χ4v) is 3.05. The van der Waals surface area contributed by atoms with E-state index in [-0.39, 0.29) is 36.2 Å². The number of hydrogen-bond donors (Lipinski definition) is 4. The van der Waals surface area contributed by atoms with E-state index in [4.69, 9.17) is 29.9 Å². The summed E-state index contributed by atoms with van der Waals surface area (Å²) in [7, 11) is 0. The first-order valence-corrected chi connectivity index (χ1v) is 13.9. The summed E-state index contributed by atoms with van der Waals surface area (Å²) in [4.78, 5) is 49.9. The molecule has 5 aromatic carbocycles. The largest absolute Gasteiger partial charge is 0.508 e. The van der Waals surface area contributed by atoms with Gasteiger partial charge in [0.25, 0.3) is 0 Å². The smallest absolute Gasteiger partial charge is 0.157 e. The third-order valence-electron chi connectivity index (χ3n) is 5.37. The van der Waals surface area contributed by atoms with E-state index in [0.29, 0.717) is 41.3 Å². The second-order valence-corrected chi connectivity index (χ2v) is 8.83. The van der Waals surface area contributed by atoms with Crippen molar-refractivity contribution in [2.75, 3.05) is 13.2 Å². The monoisotopic (exact) mass is 654 g/mol. The topological polar surface area (TPSA) is 185 Å². The number of aldehydes is 5. The van der Waals surface area contributed by atoms with Crippen molar-refractivity contribution < 1.29 is 53.9 Å². The van der Waals surface area contributed by atoms with Gasteiger partial charge in [0.05, 0.1) is 11.1 Å². The summed E-state index contributed by atoms with van der Waals surface area (Å²) in [6.45, 7) is 0.175. The molecule has 0 saturated carbocycles. The fourth-order valence-electron chi connectivity index (χ4n) is 3.05. The first-order chi connectivity index (χ1) is 23.3. The lowest BCUT2D eigenvalue weighted by Gasteiger charge is -2.00. The minimum atomic E-state index is 0.0347. The average Bonchev–Trinajstić information content (AvgIpc) is 3.13. The van der Waals surface area contributed by atoms with Crippen LogP contribution in [0.15, 0.2) is 127 Å². The summed E-state index contributed by atoms with van der Waals surface area (Å²) < 4.78 is 9.92. The van der Waals surface area contributed by atoms with Gasteiger partial charge in [0.15, 0.2) is 25.1 Å². The maximum atomic E-state index is 10.1. The van der Waals surface area contributed by atoms with Gasteiger partial charge in [-0.25, -0.2) is 0 Å². The molecule has 0 aliphatic heterocycles. The van der Waals surface area contributed by atoms with Crippen molar-refractivity contribution in [2.24, 2.45) is 0 Å². The van der Waals surface area contributed by atoms with Crippen LogP contribution in [0.2, 0.25) is 0 Å². The summed E-state index contributed by atoms with van der Waals surface area (Å²) in [5.41, 5.74) is 1.24. The first kappa shape index (κ1) is 39.3. The van der Waals surface area contributed by atoms with Crippen molar-refractivity contribution in [3.05, 3.63) is 144 Å². The normalized spacial score (nSPS) is 8.92. The van der Waals surface area contributed by atoms with Crippen molar-refractivity contribution in [1.82, 2.24) is 0 Å². The minimum absolute atomic E-state index is 0.0347. The van der Waals surface area contributed by atoms with Crippen molar-refractivity contribution in [2.45, 2.75) is 0 Å². The molecule has 11 nitrogen and oxygen atoms in total. The number of carbonyl (C=O) groups is 5. The molecular weight excluding hydrogens is 620 g/mol. The number of phenols is 4. The van der Waals surface area contributed by atoms with Gasteiger partial charge in [-0.3, -0.25) is 24.0 Å². The second-order valence-electron chi connectivity index (χ2n) is 8.83. The lowest BCUT2D eigenvalue weighted by Crippen LogP contribution is -1.96. The molecule has 48 heavy (non-hydrogen) atoms. The number of aromatic hydroxyl groups is 4. The Balaban J connectivity index is 0.000000301. The summed E-state index contributed by atoms with van der Waals surface area (Å²) in [5, 5.41) is 35.4. The van der Waals surface area contributed by atoms with Gasteiger partial charge in [-0.05, 0) is 84.9 Å². The van der Waals surface area contributed by atoms with Crippen LogP contribution < -0.4 is 9.47 Å². The molecule has 0 fully saturated rings. The number of rotatable bonds is 9. The Morgan fingerprint density at radius 2 is 0.792 bits per heavy atom. The zero-order valence-electron chi connectivity index (χ0n) is 25.6. The van der Waals surface area contributed by atoms with E-state index in [1.54, 1.807) is 60.7 Å². The maximum Gasteiger partial charge on any atom is 0.157 e. The maximum absolute atomic E-state index is 10.1.